The third-order valence-corrected chi connectivity index (χ3v) is 3.81. The summed E-state index contributed by atoms with van der Waals surface area (Å²) in [7, 11) is 0. The van der Waals surface area contributed by atoms with E-state index in [9.17, 15) is 14.4 Å². The van der Waals surface area contributed by atoms with E-state index in [4.69, 9.17) is 4.74 Å². The van der Waals surface area contributed by atoms with E-state index < -0.39 is 17.0 Å². The van der Waals surface area contributed by atoms with Crippen LogP contribution in [0.25, 0.3) is 0 Å². The van der Waals surface area contributed by atoms with Gasteiger partial charge in [0.2, 0.25) is 0 Å². The predicted molar refractivity (Wildman–Crippen MR) is 87.0 cm³/mol. The first-order chi connectivity index (χ1) is 10.6. The molecule has 0 aromatic heterocycles. The van der Waals surface area contributed by atoms with Crippen molar-refractivity contribution < 1.29 is 19.1 Å². The van der Waals surface area contributed by atoms with Crippen LogP contribution in [0.1, 0.15) is 50.9 Å². The molecule has 0 amide bonds. The van der Waals surface area contributed by atoms with Gasteiger partial charge in [0.1, 0.15) is 5.60 Å². The molecule has 0 saturated heterocycles. The zero-order valence-electron chi connectivity index (χ0n) is 14.0. The third-order valence-electron chi connectivity index (χ3n) is 3.81. The van der Waals surface area contributed by atoms with Crippen LogP contribution in [0, 0.1) is 5.41 Å². The van der Waals surface area contributed by atoms with E-state index in [0.29, 0.717) is 12.0 Å². The quantitative estimate of drug-likeness (QED) is 0.486. The minimum absolute atomic E-state index is 0.0158. The first kappa shape index (κ1) is 17.1. The van der Waals surface area contributed by atoms with E-state index in [1.807, 2.05) is 6.07 Å². The van der Waals surface area contributed by atoms with Crippen molar-refractivity contribution in [1.29, 1.82) is 0 Å². The molecule has 2 rings (SSSR count). The Balaban J connectivity index is 2.34. The van der Waals surface area contributed by atoms with Gasteiger partial charge < -0.3 is 4.74 Å². The van der Waals surface area contributed by atoms with Gasteiger partial charge in [0.15, 0.2) is 11.6 Å². The Kier molecular flexibility index (Phi) is 4.55. The molecule has 1 aliphatic carbocycles. The molecule has 0 spiro atoms. The third kappa shape index (κ3) is 3.95. The molecule has 0 aliphatic heterocycles. The highest BCUT2D eigenvalue weighted by atomic mass is 16.6. The van der Waals surface area contributed by atoms with E-state index in [1.54, 1.807) is 52.0 Å². The summed E-state index contributed by atoms with van der Waals surface area (Å²) in [4.78, 5) is 37.1. The SMILES string of the molecule is CC(C)(C)OC(=O)C1=CC(C)(C(=O)c2ccccc2)CCC1=O. The van der Waals surface area contributed by atoms with Gasteiger partial charge >= 0.3 is 5.97 Å². The van der Waals surface area contributed by atoms with Crippen molar-refractivity contribution in [3.63, 3.8) is 0 Å². The van der Waals surface area contributed by atoms with Crippen molar-refractivity contribution in [1.82, 2.24) is 0 Å². The van der Waals surface area contributed by atoms with E-state index in [1.165, 1.54) is 6.08 Å². The van der Waals surface area contributed by atoms with Gasteiger partial charge in [0.25, 0.3) is 0 Å². The maximum atomic E-state index is 12.8. The Morgan fingerprint density at radius 2 is 1.74 bits per heavy atom. The molecule has 0 fully saturated rings. The summed E-state index contributed by atoms with van der Waals surface area (Å²) in [5.74, 6) is -1.02. The average molecular weight is 314 g/mol. The Morgan fingerprint density at radius 3 is 2.30 bits per heavy atom. The standard InChI is InChI=1S/C19H22O4/c1-18(2,3)23-17(22)14-12-19(4,11-10-15(14)20)16(21)13-8-6-5-7-9-13/h5-9,12H,10-11H2,1-4H3. The molecule has 4 heteroatoms. The number of hydrogen-bond acceptors (Lipinski definition) is 4. The Bertz CT molecular complexity index is 664. The fourth-order valence-electron chi connectivity index (χ4n) is 2.58. The van der Waals surface area contributed by atoms with Crippen LogP contribution < -0.4 is 0 Å². The van der Waals surface area contributed by atoms with Crippen LogP contribution in [0.3, 0.4) is 0 Å². The summed E-state index contributed by atoms with van der Waals surface area (Å²) >= 11 is 0. The predicted octanol–water partition coefficient (Wildman–Crippen LogP) is 3.51. The summed E-state index contributed by atoms with van der Waals surface area (Å²) in [5.41, 5.74) is -1.00. The smallest absolute Gasteiger partial charge is 0.341 e. The van der Waals surface area contributed by atoms with E-state index in [2.05, 4.69) is 0 Å². The zero-order chi connectivity index (χ0) is 17.3. The van der Waals surface area contributed by atoms with Crippen molar-refractivity contribution >= 4 is 17.5 Å². The molecule has 0 bridgehead atoms. The second-order valence-electron chi connectivity index (χ2n) is 7.10. The number of Topliss-reactive ketones (excluding diaryl/α,β-unsaturated/α-hetero) is 2. The Hall–Kier alpha value is -2.23. The molecule has 0 heterocycles. The molecule has 0 saturated carbocycles. The number of esters is 1. The van der Waals surface area contributed by atoms with Crippen molar-refractivity contribution in [2.75, 3.05) is 0 Å². The van der Waals surface area contributed by atoms with Gasteiger partial charge in [-0.05, 0) is 34.1 Å². The van der Waals surface area contributed by atoms with Crippen LogP contribution in [0.5, 0.6) is 0 Å². The topological polar surface area (TPSA) is 60.4 Å². The summed E-state index contributed by atoms with van der Waals surface area (Å²) in [6, 6.07) is 8.91. The number of allylic oxidation sites excluding steroid dienone is 1. The lowest BCUT2D eigenvalue weighted by Gasteiger charge is -2.30. The van der Waals surface area contributed by atoms with Crippen LogP contribution in [0.2, 0.25) is 0 Å². The monoisotopic (exact) mass is 314 g/mol. The number of carbonyl (C=O) groups excluding carboxylic acids is 3. The second kappa shape index (κ2) is 6.11. The summed E-state index contributed by atoms with van der Waals surface area (Å²) in [6.07, 6.45) is 2.05. The average Bonchev–Trinajstić information content (AvgIpc) is 2.48. The fraction of sp³-hybridized carbons (Fsp3) is 0.421. The van der Waals surface area contributed by atoms with Crippen LogP contribution in [0.15, 0.2) is 42.0 Å². The minimum Gasteiger partial charge on any atom is -0.456 e. The van der Waals surface area contributed by atoms with Crippen LogP contribution in [-0.4, -0.2) is 23.1 Å². The van der Waals surface area contributed by atoms with Gasteiger partial charge in [0.05, 0.1) is 11.0 Å². The van der Waals surface area contributed by atoms with E-state index in [0.717, 1.165) is 0 Å². The molecule has 1 aromatic carbocycles. The number of carbonyl (C=O) groups is 3. The highest BCUT2D eigenvalue weighted by Crippen LogP contribution is 2.36. The molecule has 1 aromatic rings. The van der Waals surface area contributed by atoms with Gasteiger partial charge in [-0.15, -0.1) is 0 Å². The zero-order valence-corrected chi connectivity index (χ0v) is 14.0. The van der Waals surface area contributed by atoms with Gasteiger partial charge in [-0.3, -0.25) is 9.59 Å². The summed E-state index contributed by atoms with van der Waals surface area (Å²) in [6.45, 7) is 6.99. The molecular weight excluding hydrogens is 292 g/mol. The molecule has 23 heavy (non-hydrogen) atoms. The minimum atomic E-state index is -0.874. The van der Waals surface area contributed by atoms with Crippen molar-refractivity contribution in [3.05, 3.63) is 47.5 Å². The lowest BCUT2D eigenvalue weighted by Crippen LogP contribution is -2.35. The fourth-order valence-corrected chi connectivity index (χ4v) is 2.58. The lowest BCUT2D eigenvalue weighted by molar-refractivity contribution is -0.151. The number of rotatable bonds is 3. The van der Waals surface area contributed by atoms with Crippen molar-refractivity contribution in [2.24, 2.45) is 5.41 Å². The summed E-state index contributed by atoms with van der Waals surface area (Å²) < 4.78 is 5.29. The largest absolute Gasteiger partial charge is 0.456 e. The molecule has 4 nitrogen and oxygen atoms in total. The van der Waals surface area contributed by atoms with E-state index >= 15 is 0 Å². The van der Waals surface area contributed by atoms with Gasteiger partial charge in [0, 0.05) is 12.0 Å². The Labute approximate surface area is 136 Å². The maximum Gasteiger partial charge on any atom is 0.341 e. The highest BCUT2D eigenvalue weighted by molar-refractivity contribution is 6.19. The van der Waals surface area contributed by atoms with Crippen LogP contribution >= 0.6 is 0 Å². The first-order valence-electron chi connectivity index (χ1n) is 7.72. The second-order valence-corrected chi connectivity index (χ2v) is 7.10. The molecule has 1 atom stereocenters. The lowest BCUT2D eigenvalue weighted by atomic mass is 9.72. The molecule has 0 radical (unpaired) electrons. The van der Waals surface area contributed by atoms with Crippen LogP contribution in [-0.2, 0) is 14.3 Å². The first-order valence-corrected chi connectivity index (χ1v) is 7.72. The molecule has 0 N–H and O–H groups in total. The molecule has 1 aliphatic rings. The van der Waals surface area contributed by atoms with E-state index in [-0.39, 0.29) is 23.6 Å². The van der Waals surface area contributed by atoms with Crippen molar-refractivity contribution in [2.45, 2.75) is 46.1 Å². The van der Waals surface area contributed by atoms with Gasteiger partial charge in [-0.2, -0.15) is 0 Å². The van der Waals surface area contributed by atoms with Crippen LogP contribution in [0.4, 0.5) is 0 Å². The number of benzene rings is 1. The Morgan fingerprint density at radius 1 is 1.13 bits per heavy atom. The normalized spacial score (nSPS) is 21.6. The highest BCUT2D eigenvalue weighted by Gasteiger charge is 2.39. The molecular formula is C19H22O4. The number of ketones is 2. The molecule has 1 unspecified atom stereocenters. The number of ether oxygens (including phenoxy) is 1. The van der Waals surface area contributed by atoms with Crippen molar-refractivity contribution in [3.8, 4) is 0 Å². The van der Waals surface area contributed by atoms with Gasteiger partial charge in [-0.1, -0.05) is 36.4 Å². The molecule has 122 valence electrons. The summed E-state index contributed by atoms with van der Waals surface area (Å²) in [5, 5.41) is 0. The number of hydrogen-bond donors (Lipinski definition) is 0. The maximum absolute atomic E-state index is 12.8. The van der Waals surface area contributed by atoms with Gasteiger partial charge in [-0.25, -0.2) is 4.79 Å².